The zero-order valence-electron chi connectivity index (χ0n) is 20.8. The van der Waals surface area contributed by atoms with Crippen molar-refractivity contribution >= 4 is 43.2 Å². The van der Waals surface area contributed by atoms with Crippen LogP contribution in [0.5, 0.6) is 0 Å². The van der Waals surface area contributed by atoms with Crippen LogP contribution in [0, 0.1) is 5.82 Å². The molecule has 0 aliphatic carbocycles. The Morgan fingerprint density at radius 3 is 2.31 bits per heavy atom. The van der Waals surface area contributed by atoms with E-state index in [9.17, 15) is 26.4 Å². The van der Waals surface area contributed by atoms with Gasteiger partial charge in [-0.15, -0.1) is 0 Å². The van der Waals surface area contributed by atoms with Crippen LogP contribution in [-0.2, 0) is 33.9 Å². The van der Waals surface area contributed by atoms with Crippen LogP contribution in [-0.4, -0.2) is 59.2 Å². The van der Waals surface area contributed by atoms with E-state index in [1.165, 1.54) is 19.1 Å². The number of carbonyl (C=O) groups is 2. The molecule has 0 bridgehead atoms. The molecule has 208 valence electrons. The number of carbonyl (C=O) groups excluding carboxylic acids is 2. The second-order valence-corrected chi connectivity index (χ2v) is 13.6. The average Bonchev–Trinajstić information content (AvgIpc) is 2.96. The van der Waals surface area contributed by atoms with Crippen LogP contribution in [0.25, 0.3) is 0 Å². The Kier molecular flexibility index (Phi) is 8.48. The predicted molar refractivity (Wildman–Crippen MR) is 142 cm³/mol. The molecule has 0 radical (unpaired) electrons. The molecule has 2 aromatic rings. The van der Waals surface area contributed by atoms with Gasteiger partial charge in [-0.3, -0.25) is 0 Å². The number of esters is 2. The molecule has 13 heteroatoms. The van der Waals surface area contributed by atoms with Crippen molar-refractivity contribution in [3.63, 3.8) is 0 Å². The standard InChI is InChI=1S/C26H25ClFNO8S2/c1-16-21(26(31)37-12-6-11-36-25(30)17-7-3-2-4-8-17)23(22-18(27)9-5-10-19(22)28)24-20(29-16)15-38(32,33)13-14-39(24,34)35/h2-5,7-10,23,29H,6,11-15H2,1H3. The molecule has 0 amide bonds. The summed E-state index contributed by atoms with van der Waals surface area (Å²) in [5, 5.41) is 2.60. The van der Waals surface area contributed by atoms with Crippen LogP contribution < -0.4 is 5.32 Å². The summed E-state index contributed by atoms with van der Waals surface area (Å²) in [4.78, 5) is 24.9. The van der Waals surface area contributed by atoms with Crippen molar-refractivity contribution in [2.75, 3.05) is 30.5 Å². The van der Waals surface area contributed by atoms with Crippen LogP contribution >= 0.6 is 11.6 Å². The van der Waals surface area contributed by atoms with Gasteiger partial charge in [-0.2, -0.15) is 0 Å². The van der Waals surface area contributed by atoms with E-state index in [1.54, 1.807) is 30.3 Å². The molecule has 1 atom stereocenters. The normalized spacial score (nSPS) is 19.9. The highest BCUT2D eigenvalue weighted by atomic mass is 35.5. The molecule has 39 heavy (non-hydrogen) atoms. The maximum absolute atomic E-state index is 15.2. The highest BCUT2D eigenvalue weighted by Crippen LogP contribution is 2.45. The summed E-state index contributed by atoms with van der Waals surface area (Å²) in [5.41, 5.74) is -0.183. The van der Waals surface area contributed by atoms with Crippen LogP contribution in [0.4, 0.5) is 4.39 Å². The quantitative estimate of drug-likeness (QED) is 0.377. The lowest BCUT2D eigenvalue weighted by Crippen LogP contribution is -2.34. The van der Waals surface area contributed by atoms with Gasteiger partial charge in [-0.25, -0.2) is 30.8 Å². The number of nitrogens with one attached hydrogen (secondary N) is 1. The first-order valence-corrected chi connectivity index (χ1v) is 15.7. The third-order valence-corrected chi connectivity index (χ3v) is 10.3. The van der Waals surface area contributed by atoms with E-state index in [4.69, 9.17) is 21.1 Å². The Morgan fingerprint density at radius 1 is 0.974 bits per heavy atom. The van der Waals surface area contributed by atoms with E-state index in [2.05, 4.69) is 5.32 Å². The van der Waals surface area contributed by atoms with Gasteiger partial charge in [0.1, 0.15) is 5.82 Å². The minimum atomic E-state index is -4.26. The van der Waals surface area contributed by atoms with Crippen molar-refractivity contribution in [2.45, 2.75) is 19.3 Å². The molecule has 1 N–H and O–H groups in total. The molecule has 2 heterocycles. The molecule has 2 aliphatic rings. The second-order valence-electron chi connectivity index (χ2n) is 8.98. The van der Waals surface area contributed by atoms with E-state index in [-0.39, 0.29) is 47.2 Å². The van der Waals surface area contributed by atoms with Crippen LogP contribution in [0.15, 0.2) is 70.4 Å². The molecule has 0 fully saturated rings. The molecule has 9 nitrogen and oxygen atoms in total. The fraction of sp³-hybridized carbons (Fsp3) is 0.308. The van der Waals surface area contributed by atoms with Gasteiger partial charge in [-0.05, 0) is 31.2 Å². The summed E-state index contributed by atoms with van der Waals surface area (Å²) in [5.74, 6) is -5.87. The monoisotopic (exact) mass is 597 g/mol. The average molecular weight is 598 g/mol. The fourth-order valence-electron chi connectivity index (χ4n) is 4.45. The summed E-state index contributed by atoms with van der Waals surface area (Å²) < 4.78 is 77.3. The lowest BCUT2D eigenvalue weighted by atomic mass is 9.86. The lowest BCUT2D eigenvalue weighted by molar-refractivity contribution is -0.139. The molecule has 0 aromatic heterocycles. The van der Waals surface area contributed by atoms with Crippen molar-refractivity contribution in [1.29, 1.82) is 0 Å². The first-order valence-electron chi connectivity index (χ1n) is 11.9. The Labute approximate surface area is 230 Å². The van der Waals surface area contributed by atoms with E-state index in [1.807, 2.05) is 0 Å². The van der Waals surface area contributed by atoms with Crippen molar-refractivity contribution in [1.82, 2.24) is 5.32 Å². The number of benzene rings is 2. The minimum absolute atomic E-state index is 0.0542. The Morgan fingerprint density at radius 2 is 1.64 bits per heavy atom. The topological polar surface area (TPSA) is 133 Å². The van der Waals surface area contributed by atoms with Crippen LogP contribution in [0.1, 0.15) is 35.2 Å². The molecule has 0 saturated carbocycles. The van der Waals surface area contributed by atoms with Crippen molar-refractivity contribution < 1.29 is 40.3 Å². The van der Waals surface area contributed by atoms with Gasteiger partial charge in [0.2, 0.25) is 0 Å². The van der Waals surface area contributed by atoms with Crippen molar-refractivity contribution in [3.8, 4) is 0 Å². The van der Waals surface area contributed by atoms with Crippen molar-refractivity contribution in [2.24, 2.45) is 0 Å². The number of rotatable bonds is 7. The number of sulfone groups is 2. The summed E-state index contributed by atoms with van der Waals surface area (Å²) >= 11 is 6.31. The highest BCUT2D eigenvalue weighted by molar-refractivity contribution is 7.98. The third kappa shape index (κ3) is 6.34. The summed E-state index contributed by atoms with van der Waals surface area (Å²) in [7, 11) is -8.07. The van der Waals surface area contributed by atoms with Crippen LogP contribution in [0.2, 0.25) is 5.02 Å². The molecular weight excluding hydrogens is 573 g/mol. The molecule has 0 spiro atoms. The number of hydrogen-bond acceptors (Lipinski definition) is 9. The van der Waals surface area contributed by atoms with E-state index >= 15 is 4.39 Å². The SMILES string of the molecule is CC1=C(C(=O)OCCCOC(=O)c2ccccc2)C(c2c(F)cccc2Cl)C2=C(CS(=O)(=O)CCS2(=O)=O)N1. The zero-order chi connectivity index (χ0) is 28.4. The zero-order valence-corrected chi connectivity index (χ0v) is 23.2. The van der Waals surface area contributed by atoms with E-state index < -0.39 is 65.5 Å². The first kappa shape index (κ1) is 28.8. The lowest BCUT2D eigenvalue weighted by Gasteiger charge is -2.31. The van der Waals surface area contributed by atoms with Crippen LogP contribution in [0.3, 0.4) is 0 Å². The number of allylic oxidation sites excluding steroid dienone is 2. The molecule has 0 saturated heterocycles. The van der Waals surface area contributed by atoms with Gasteiger partial charge in [0.15, 0.2) is 19.7 Å². The smallest absolute Gasteiger partial charge is 0.338 e. The van der Waals surface area contributed by atoms with E-state index in [0.29, 0.717) is 5.56 Å². The van der Waals surface area contributed by atoms with Crippen molar-refractivity contribution in [3.05, 3.63) is 92.4 Å². The molecular formula is C26H25ClFNO8S2. The summed E-state index contributed by atoms with van der Waals surface area (Å²) in [6.45, 7) is 1.19. The summed E-state index contributed by atoms with van der Waals surface area (Å²) in [6.07, 6.45) is 0.139. The van der Waals surface area contributed by atoms with Gasteiger partial charge >= 0.3 is 11.9 Å². The maximum atomic E-state index is 15.2. The van der Waals surface area contributed by atoms with E-state index in [0.717, 1.165) is 6.07 Å². The summed E-state index contributed by atoms with van der Waals surface area (Å²) in [6, 6.07) is 12.1. The second kappa shape index (κ2) is 11.5. The molecule has 2 aliphatic heterocycles. The highest BCUT2D eigenvalue weighted by Gasteiger charge is 2.45. The fourth-order valence-corrected chi connectivity index (χ4v) is 8.83. The number of halogens is 2. The predicted octanol–water partition coefficient (Wildman–Crippen LogP) is 3.29. The number of dihydropyridines is 1. The van der Waals surface area contributed by atoms with Gasteiger partial charge in [0.05, 0.1) is 52.4 Å². The Hall–Kier alpha value is -3.22. The number of hydrogen-bond donors (Lipinski definition) is 1. The first-order chi connectivity index (χ1) is 18.4. The molecule has 4 rings (SSSR count). The minimum Gasteiger partial charge on any atom is -0.462 e. The Bertz CT molecular complexity index is 1560. The largest absolute Gasteiger partial charge is 0.462 e. The maximum Gasteiger partial charge on any atom is 0.338 e. The van der Waals surface area contributed by atoms with Gasteiger partial charge in [-0.1, -0.05) is 35.9 Å². The Balaban J connectivity index is 1.61. The van der Waals surface area contributed by atoms with Gasteiger partial charge in [0.25, 0.3) is 0 Å². The van der Waals surface area contributed by atoms with Gasteiger partial charge in [0, 0.05) is 28.4 Å². The third-order valence-electron chi connectivity index (χ3n) is 6.23. The molecule has 2 aromatic carbocycles. The van der Waals surface area contributed by atoms with Gasteiger partial charge < -0.3 is 14.8 Å². The molecule has 1 unspecified atom stereocenters. The number of ether oxygens (including phenoxy) is 2.